The van der Waals surface area contributed by atoms with E-state index >= 15 is 0 Å². The summed E-state index contributed by atoms with van der Waals surface area (Å²) >= 11 is 1.46. The molecule has 5 aromatic rings. The molecule has 0 spiro atoms. The number of ether oxygens (including phenoxy) is 1. The minimum atomic E-state index is -0.693. The minimum absolute atomic E-state index is 0.192. The number of hydrogen-bond donors (Lipinski definition) is 1. The number of carbonyl (C=O) groups excluding carboxylic acids is 2. The molecular weight excluding hydrogens is 645 g/mol. The number of fused-ring (bicyclic) bond motifs is 2. The average Bonchev–Trinajstić information content (AvgIpc) is 3.53. The van der Waals surface area contributed by atoms with E-state index in [1.165, 1.54) is 30.6 Å². The van der Waals surface area contributed by atoms with Crippen molar-refractivity contribution in [3.8, 4) is 11.1 Å². The molecule has 9 nitrogen and oxygen atoms in total. The number of hydrogen-bond acceptors (Lipinski definition) is 9. The maximum Gasteiger partial charge on any atom is 0.358 e. The minimum Gasteiger partial charge on any atom is -0.455 e. The second kappa shape index (κ2) is 13.8. The van der Waals surface area contributed by atoms with Crippen LogP contribution in [0.3, 0.4) is 0 Å². The molecule has 50 heavy (non-hydrogen) atoms. The highest BCUT2D eigenvalue weighted by atomic mass is 32.1. The molecule has 2 aromatic carbocycles. The van der Waals surface area contributed by atoms with Crippen LogP contribution in [0.25, 0.3) is 21.3 Å². The third-order valence-electron chi connectivity index (χ3n) is 9.75. The van der Waals surface area contributed by atoms with Gasteiger partial charge in [-0.3, -0.25) is 10.1 Å². The average molecular weight is 689 g/mol. The van der Waals surface area contributed by atoms with Gasteiger partial charge in [-0.05, 0) is 106 Å². The van der Waals surface area contributed by atoms with Crippen LogP contribution in [0.15, 0.2) is 66.9 Å². The zero-order valence-electron chi connectivity index (χ0n) is 29.5. The highest BCUT2D eigenvalue weighted by Crippen LogP contribution is 2.36. The summed E-state index contributed by atoms with van der Waals surface area (Å²) in [6.07, 6.45) is 8.64. The SMILES string of the molecule is Cc1c(-c2ccc(N3CCc4cccc(C(=O)Nc5nc6ccccc6s5)c4C3)nc2C(=O)OC(C)(C)C)ccnc1N(C)C1CCCCC1. The molecule has 0 bridgehead atoms. The van der Waals surface area contributed by atoms with Gasteiger partial charge >= 0.3 is 5.97 Å². The quantitative estimate of drug-likeness (QED) is 0.170. The molecule has 1 aliphatic heterocycles. The third kappa shape index (κ3) is 6.94. The van der Waals surface area contributed by atoms with E-state index < -0.39 is 11.6 Å². The van der Waals surface area contributed by atoms with Gasteiger partial charge in [-0.2, -0.15) is 0 Å². The number of aromatic nitrogens is 3. The fraction of sp³-hybridized carbons (Fsp3) is 0.375. The molecule has 4 heterocycles. The Bertz CT molecular complexity index is 2030. The van der Waals surface area contributed by atoms with Crippen molar-refractivity contribution in [2.75, 3.05) is 28.7 Å². The zero-order valence-corrected chi connectivity index (χ0v) is 30.3. The van der Waals surface area contributed by atoms with E-state index in [9.17, 15) is 9.59 Å². The summed E-state index contributed by atoms with van der Waals surface area (Å²) in [4.78, 5) is 46.3. The summed E-state index contributed by atoms with van der Waals surface area (Å²) < 4.78 is 6.94. The lowest BCUT2D eigenvalue weighted by molar-refractivity contribution is 0.00638. The molecule has 258 valence electrons. The molecule has 1 fully saturated rings. The van der Waals surface area contributed by atoms with Gasteiger partial charge in [0, 0.05) is 43.5 Å². The van der Waals surface area contributed by atoms with Crippen LogP contribution in [0.2, 0.25) is 0 Å². The summed E-state index contributed by atoms with van der Waals surface area (Å²) in [5, 5.41) is 3.60. The van der Waals surface area contributed by atoms with Gasteiger partial charge in [0.25, 0.3) is 5.91 Å². The fourth-order valence-electron chi connectivity index (χ4n) is 7.22. The van der Waals surface area contributed by atoms with Crippen LogP contribution in [0.4, 0.5) is 16.8 Å². The van der Waals surface area contributed by atoms with Gasteiger partial charge in [0.2, 0.25) is 0 Å². The molecule has 1 amide bonds. The smallest absolute Gasteiger partial charge is 0.358 e. The number of para-hydroxylation sites is 1. The number of rotatable bonds is 7. The highest BCUT2D eigenvalue weighted by molar-refractivity contribution is 7.22. The number of nitrogens with zero attached hydrogens (tertiary/aromatic N) is 5. The van der Waals surface area contributed by atoms with Gasteiger partial charge in [0.1, 0.15) is 17.2 Å². The number of carbonyl (C=O) groups is 2. The van der Waals surface area contributed by atoms with Gasteiger partial charge in [0.05, 0.1) is 10.2 Å². The van der Waals surface area contributed by atoms with Crippen molar-refractivity contribution in [3.05, 3.63) is 94.8 Å². The number of pyridine rings is 2. The van der Waals surface area contributed by atoms with E-state index in [0.29, 0.717) is 35.6 Å². The predicted molar refractivity (Wildman–Crippen MR) is 201 cm³/mol. The van der Waals surface area contributed by atoms with E-state index in [4.69, 9.17) is 14.7 Å². The molecule has 3 aromatic heterocycles. The monoisotopic (exact) mass is 688 g/mol. The van der Waals surface area contributed by atoms with Crippen LogP contribution in [0.5, 0.6) is 0 Å². The maximum atomic E-state index is 13.9. The summed E-state index contributed by atoms with van der Waals surface area (Å²) in [7, 11) is 2.13. The third-order valence-corrected chi connectivity index (χ3v) is 10.7. The Morgan fingerprint density at radius 1 is 0.960 bits per heavy atom. The van der Waals surface area contributed by atoms with Crippen molar-refractivity contribution < 1.29 is 14.3 Å². The van der Waals surface area contributed by atoms with Crippen molar-refractivity contribution in [2.45, 2.75) is 84.4 Å². The first-order valence-electron chi connectivity index (χ1n) is 17.5. The normalized spacial score (nSPS) is 15.1. The number of anilines is 3. The van der Waals surface area contributed by atoms with Crippen molar-refractivity contribution in [2.24, 2.45) is 0 Å². The van der Waals surface area contributed by atoms with Crippen molar-refractivity contribution in [3.63, 3.8) is 0 Å². The van der Waals surface area contributed by atoms with Gasteiger partial charge < -0.3 is 14.5 Å². The second-order valence-electron chi connectivity index (χ2n) is 14.3. The molecule has 10 heteroatoms. The first kappa shape index (κ1) is 33.7. The molecule has 1 saturated carbocycles. The topological polar surface area (TPSA) is 101 Å². The lowest BCUT2D eigenvalue weighted by Crippen LogP contribution is -2.34. The molecule has 0 unspecified atom stereocenters. The fourth-order valence-corrected chi connectivity index (χ4v) is 8.08. The molecule has 0 saturated heterocycles. The first-order chi connectivity index (χ1) is 24.1. The lowest BCUT2D eigenvalue weighted by atomic mass is 9.93. The Kier molecular flexibility index (Phi) is 9.30. The van der Waals surface area contributed by atoms with Crippen LogP contribution in [0, 0.1) is 6.92 Å². The summed E-state index contributed by atoms with van der Waals surface area (Å²) in [5.41, 5.74) is 5.76. The maximum absolute atomic E-state index is 13.9. The first-order valence-corrected chi connectivity index (χ1v) is 18.3. The van der Waals surface area contributed by atoms with Crippen molar-refractivity contribution in [1.82, 2.24) is 15.0 Å². The number of esters is 1. The Balaban J connectivity index is 1.20. The molecule has 1 aliphatic carbocycles. The Morgan fingerprint density at radius 3 is 2.54 bits per heavy atom. The van der Waals surface area contributed by atoms with E-state index in [1.54, 1.807) is 0 Å². The molecular formula is C40H44N6O3S. The van der Waals surface area contributed by atoms with E-state index in [1.807, 2.05) is 81.6 Å². The van der Waals surface area contributed by atoms with Crippen LogP contribution < -0.4 is 15.1 Å². The van der Waals surface area contributed by atoms with Gasteiger partial charge in [0.15, 0.2) is 10.8 Å². The number of amides is 1. The predicted octanol–water partition coefficient (Wildman–Crippen LogP) is 8.60. The largest absolute Gasteiger partial charge is 0.455 e. The molecule has 2 aliphatic rings. The number of nitrogens with one attached hydrogen (secondary N) is 1. The Labute approximate surface area is 297 Å². The molecule has 0 atom stereocenters. The number of thiazole rings is 1. The second-order valence-corrected chi connectivity index (χ2v) is 15.4. The highest BCUT2D eigenvalue weighted by Gasteiger charge is 2.29. The van der Waals surface area contributed by atoms with E-state index in [-0.39, 0.29) is 11.6 Å². The number of benzene rings is 2. The van der Waals surface area contributed by atoms with Crippen LogP contribution >= 0.6 is 11.3 Å². The lowest BCUT2D eigenvalue weighted by Gasteiger charge is -2.33. The molecule has 7 rings (SSSR count). The standard InChI is InChI=1S/C40H44N6O3S/c1-25-28(20-22-41-36(25)45(5)27-13-7-6-8-14-27)29-18-19-34(43-35(29)38(48)49-40(2,3)4)46-23-21-26-12-11-15-30(31(26)24-46)37(47)44-39-42-32-16-9-10-17-33(32)50-39/h9-12,15-20,22,27H,6-8,13-14,21,23-24H2,1-5H3,(H,42,44,47). The van der Waals surface area contributed by atoms with Gasteiger partial charge in [-0.1, -0.05) is 54.9 Å². The summed E-state index contributed by atoms with van der Waals surface area (Å²) in [6.45, 7) is 8.85. The Morgan fingerprint density at radius 2 is 1.76 bits per heavy atom. The van der Waals surface area contributed by atoms with Crippen LogP contribution in [-0.2, 0) is 17.7 Å². The van der Waals surface area contributed by atoms with Crippen molar-refractivity contribution >= 4 is 50.2 Å². The summed E-state index contributed by atoms with van der Waals surface area (Å²) in [5.74, 6) is 0.925. The summed E-state index contributed by atoms with van der Waals surface area (Å²) in [6, 6.07) is 20.1. The zero-order chi connectivity index (χ0) is 35.0. The molecule has 1 N–H and O–H groups in total. The van der Waals surface area contributed by atoms with Crippen LogP contribution in [0.1, 0.15) is 90.4 Å². The Hall–Kier alpha value is -4.83. The van der Waals surface area contributed by atoms with Gasteiger partial charge in [-0.15, -0.1) is 0 Å². The van der Waals surface area contributed by atoms with E-state index in [2.05, 4.69) is 40.1 Å². The van der Waals surface area contributed by atoms with Crippen molar-refractivity contribution in [1.29, 1.82) is 0 Å². The molecule has 0 radical (unpaired) electrons. The van der Waals surface area contributed by atoms with E-state index in [0.717, 1.165) is 63.1 Å². The van der Waals surface area contributed by atoms with Gasteiger partial charge in [-0.25, -0.2) is 19.7 Å². The van der Waals surface area contributed by atoms with Crippen LogP contribution in [-0.4, -0.2) is 52.1 Å².